The third kappa shape index (κ3) is 4.37. The highest BCUT2D eigenvalue weighted by atomic mass is 16.5. The second kappa shape index (κ2) is 8.75. The summed E-state index contributed by atoms with van der Waals surface area (Å²) >= 11 is 0. The lowest BCUT2D eigenvalue weighted by molar-refractivity contribution is 0.189. The second-order valence-corrected chi connectivity index (χ2v) is 6.83. The molecule has 4 heteroatoms. The minimum absolute atomic E-state index is 0.0513. The van der Waals surface area contributed by atoms with Gasteiger partial charge in [-0.25, -0.2) is 4.79 Å². The van der Waals surface area contributed by atoms with Crippen LogP contribution in [0.2, 0.25) is 0 Å². The van der Waals surface area contributed by atoms with Crippen LogP contribution in [0, 0.1) is 6.92 Å². The van der Waals surface area contributed by atoms with Gasteiger partial charge in [-0.15, -0.1) is 0 Å². The van der Waals surface area contributed by atoms with Crippen molar-refractivity contribution in [2.75, 3.05) is 18.5 Å². The van der Waals surface area contributed by atoms with Crippen LogP contribution in [-0.4, -0.2) is 24.1 Å². The highest BCUT2D eigenvalue weighted by Crippen LogP contribution is 2.32. The van der Waals surface area contributed by atoms with Crippen LogP contribution >= 0.6 is 0 Å². The number of aryl methyl sites for hydroxylation is 1. The van der Waals surface area contributed by atoms with E-state index in [9.17, 15) is 4.79 Å². The smallest absolute Gasteiger partial charge is 0.322 e. The van der Waals surface area contributed by atoms with E-state index >= 15 is 0 Å². The molecule has 1 heterocycles. The fourth-order valence-corrected chi connectivity index (χ4v) is 3.52. The Hall–Kier alpha value is -2.49. The fourth-order valence-electron chi connectivity index (χ4n) is 3.52. The number of hydrogen-bond donors (Lipinski definition) is 1. The summed E-state index contributed by atoms with van der Waals surface area (Å²) < 4.78 is 5.64. The monoisotopic (exact) mass is 352 g/mol. The fraction of sp³-hybridized carbons (Fsp3) is 0.409. The summed E-state index contributed by atoms with van der Waals surface area (Å²) in [7, 11) is 0. The van der Waals surface area contributed by atoms with E-state index in [1.165, 1.54) is 17.5 Å². The van der Waals surface area contributed by atoms with Crippen LogP contribution in [-0.2, 0) is 0 Å². The molecule has 4 nitrogen and oxygen atoms in total. The lowest BCUT2D eigenvalue weighted by atomic mass is 10.00. The van der Waals surface area contributed by atoms with Gasteiger partial charge in [0.2, 0.25) is 0 Å². The molecule has 0 aromatic heterocycles. The molecule has 1 aliphatic rings. The third-order valence-electron chi connectivity index (χ3n) is 4.90. The van der Waals surface area contributed by atoms with Crippen LogP contribution in [0.1, 0.15) is 49.8 Å². The van der Waals surface area contributed by atoms with E-state index < -0.39 is 0 Å². The predicted octanol–water partition coefficient (Wildman–Crippen LogP) is 5.54. The Morgan fingerprint density at radius 1 is 1.12 bits per heavy atom. The molecule has 0 radical (unpaired) electrons. The summed E-state index contributed by atoms with van der Waals surface area (Å²) in [5.74, 6) is 0.713. The topological polar surface area (TPSA) is 41.6 Å². The van der Waals surface area contributed by atoms with Crippen LogP contribution in [0.15, 0.2) is 48.5 Å². The Labute approximate surface area is 156 Å². The highest BCUT2D eigenvalue weighted by Gasteiger charge is 2.27. The molecule has 1 saturated heterocycles. The molecular weight excluding hydrogens is 324 g/mol. The lowest BCUT2D eigenvalue weighted by Crippen LogP contribution is -2.38. The molecular formula is C22H28N2O2. The third-order valence-corrected chi connectivity index (χ3v) is 4.90. The first-order valence-corrected chi connectivity index (χ1v) is 9.55. The van der Waals surface area contributed by atoms with Crippen molar-refractivity contribution in [2.45, 2.75) is 45.6 Å². The number of amides is 2. The summed E-state index contributed by atoms with van der Waals surface area (Å²) in [6, 6.07) is 16.2. The maximum atomic E-state index is 13.1. The van der Waals surface area contributed by atoms with Gasteiger partial charge in [-0.05, 0) is 44.4 Å². The van der Waals surface area contributed by atoms with E-state index in [0.717, 1.165) is 31.5 Å². The van der Waals surface area contributed by atoms with Crippen molar-refractivity contribution in [3.05, 3.63) is 59.7 Å². The molecule has 2 aromatic rings. The number of para-hydroxylation sites is 2. The van der Waals surface area contributed by atoms with Crippen molar-refractivity contribution in [1.29, 1.82) is 0 Å². The summed E-state index contributed by atoms with van der Waals surface area (Å²) in [6.07, 6.45) is 4.37. The molecule has 1 N–H and O–H groups in total. The number of ether oxygens (including phenoxy) is 1. The van der Waals surface area contributed by atoms with Gasteiger partial charge in [-0.2, -0.15) is 0 Å². The van der Waals surface area contributed by atoms with Crippen LogP contribution in [0.4, 0.5) is 10.5 Å². The normalized spacial score (nSPS) is 17.5. The Balaban J connectivity index is 1.81. The molecule has 3 rings (SSSR count). The minimum atomic E-state index is -0.0513. The van der Waals surface area contributed by atoms with Crippen LogP contribution in [0.5, 0.6) is 5.75 Å². The molecule has 0 aliphatic carbocycles. The predicted molar refractivity (Wildman–Crippen MR) is 106 cm³/mol. The molecule has 1 aliphatic heterocycles. The number of benzene rings is 2. The number of rotatable bonds is 4. The zero-order valence-corrected chi connectivity index (χ0v) is 15.7. The molecule has 138 valence electrons. The number of likely N-dealkylation sites (tertiary alicyclic amines) is 1. The van der Waals surface area contributed by atoms with Gasteiger partial charge in [0.15, 0.2) is 0 Å². The van der Waals surface area contributed by atoms with Crippen molar-refractivity contribution in [2.24, 2.45) is 0 Å². The van der Waals surface area contributed by atoms with E-state index in [0.29, 0.717) is 12.4 Å². The van der Waals surface area contributed by atoms with Gasteiger partial charge in [0, 0.05) is 6.54 Å². The Morgan fingerprint density at radius 2 is 1.88 bits per heavy atom. The molecule has 0 bridgehead atoms. The van der Waals surface area contributed by atoms with E-state index in [4.69, 9.17) is 4.74 Å². The van der Waals surface area contributed by atoms with Crippen LogP contribution < -0.4 is 10.1 Å². The number of carbonyl (C=O) groups is 1. The van der Waals surface area contributed by atoms with Gasteiger partial charge >= 0.3 is 6.03 Å². The van der Waals surface area contributed by atoms with E-state index in [2.05, 4.69) is 36.5 Å². The molecule has 1 atom stereocenters. The summed E-state index contributed by atoms with van der Waals surface area (Å²) in [6.45, 7) is 5.39. The molecule has 0 saturated carbocycles. The second-order valence-electron chi connectivity index (χ2n) is 6.83. The number of anilines is 1. The van der Waals surface area contributed by atoms with Crippen molar-refractivity contribution in [3.8, 4) is 5.75 Å². The first-order valence-electron chi connectivity index (χ1n) is 9.55. The Morgan fingerprint density at radius 3 is 2.65 bits per heavy atom. The molecule has 1 fully saturated rings. The molecule has 0 spiro atoms. The summed E-state index contributed by atoms with van der Waals surface area (Å²) in [4.78, 5) is 15.1. The number of nitrogens with zero attached hydrogens (tertiary/aromatic N) is 1. The van der Waals surface area contributed by atoms with Gasteiger partial charge in [0.25, 0.3) is 0 Å². The number of nitrogens with one attached hydrogen (secondary N) is 1. The van der Waals surface area contributed by atoms with Gasteiger partial charge in [-0.1, -0.05) is 54.8 Å². The number of urea groups is 1. The minimum Gasteiger partial charge on any atom is -0.492 e. The van der Waals surface area contributed by atoms with E-state index in [1.807, 2.05) is 36.1 Å². The average Bonchev–Trinajstić information content (AvgIpc) is 2.90. The van der Waals surface area contributed by atoms with Crippen molar-refractivity contribution >= 4 is 11.7 Å². The van der Waals surface area contributed by atoms with E-state index in [1.54, 1.807) is 0 Å². The SMILES string of the molecule is CCOc1ccccc1NC(=O)N1CCCCCC1c1ccc(C)cc1. The van der Waals surface area contributed by atoms with Crippen molar-refractivity contribution in [3.63, 3.8) is 0 Å². The molecule has 1 unspecified atom stereocenters. The zero-order chi connectivity index (χ0) is 18.4. The Kier molecular flexibility index (Phi) is 6.16. The molecule has 2 aromatic carbocycles. The Bertz CT molecular complexity index is 727. The van der Waals surface area contributed by atoms with Crippen LogP contribution in [0.3, 0.4) is 0 Å². The first kappa shape index (κ1) is 18.3. The average molecular weight is 352 g/mol. The van der Waals surface area contributed by atoms with Gasteiger partial charge in [0.1, 0.15) is 5.75 Å². The van der Waals surface area contributed by atoms with Gasteiger partial charge < -0.3 is 15.0 Å². The van der Waals surface area contributed by atoms with E-state index in [-0.39, 0.29) is 12.1 Å². The maximum absolute atomic E-state index is 13.1. The molecule has 26 heavy (non-hydrogen) atoms. The maximum Gasteiger partial charge on any atom is 0.322 e. The van der Waals surface area contributed by atoms with Crippen molar-refractivity contribution < 1.29 is 9.53 Å². The summed E-state index contributed by atoms with van der Waals surface area (Å²) in [5.41, 5.74) is 3.18. The zero-order valence-electron chi connectivity index (χ0n) is 15.7. The number of carbonyl (C=O) groups excluding carboxylic acids is 1. The standard InChI is InChI=1S/C22H28N2O2/c1-3-26-21-11-7-6-9-19(21)23-22(25)24-16-8-4-5-10-20(24)18-14-12-17(2)13-15-18/h6-7,9,11-15,20H,3-5,8,10,16H2,1-2H3,(H,23,25). The first-order chi connectivity index (χ1) is 12.7. The number of hydrogen-bond acceptors (Lipinski definition) is 2. The van der Waals surface area contributed by atoms with Crippen LogP contribution in [0.25, 0.3) is 0 Å². The molecule has 2 amide bonds. The lowest BCUT2D eigenvalue weighted by Gasteiger charge is -2.31. The van der Waals surface area contributed by atoms with Gasteiger partial charge in [-0.3, -0.25) is 0 Å². The van der Waals surface area contributed by atoms with Crippen molar-refractivity contribution in [1.82, 2.24) is 4.90 Å². The largest absolute Gasteiger partial charge is 0.492 e. The summed E-state index contributed by atoms with van der Waals surface area (Å²) in [5, 5.41) is 3.07. The quantitative estimate of drug-likeness (QED) is 0.784. The highest BCUT2D eigenvalue weighted by molar-refractivity contribution is 5.91. The van der Waals surface area contributed by atoms with Gasteiger partial charge in [0.05, 0.1) is 18.3 Å².